The third-order valence-corrected chi connectivity index (χ3v) is 3.82. The zero-order valence-electron chi connectivity index (χ0n) is 10.3. The Kier molecular flexibility index (Phi) is 3.24. The summed E-state index contributed by atoms with van der Waals surface area (Å²) in [5, 5.41) is 0.595. The molecule has 0 aromatic heterocycles. The SMILES string of the molecule is O=C1C(=O)N(Cc2ccccc2)c2c(Cl)ccc(Cl)c21. The molecule has 0 bridgehead atoms. The minimum Gasteiger partial charge on any atom is -0.299 e. The Morgan fingerprint density at radius 2 is 1.55 bits per heavy atom. The van der Waals surface area contributed by atoms with Gasteiger partial charge in [0.25, 0.3) is 11.7 Å². The lowest BCUT2D eigenvalue weighted by molar-refractivity contribution is -0.114. The van der Waals surface area contributed by atoms with Gasteiger partial charge in [0, 0.05) is 0 Å². The quantitative estimate of drug-likeness (QED) is 0.793. The van der Waals surface area contributed by atoms with E-state index in [1.807, 2.05) is 30.3 Å². The molecule has 0 saturated carbocycles. The van der Waals surface area contributed by atoms with Gasteiger partial charge in [0.2, 0.25) is 0 Å². The molecule has 0 aliphatic carbocycles. The number of hydrogen-bond donors (Lipinski definition) is 0. The summed E-state index contributed by atoms with van der Waals surface area (Å²) in [6, 6.07) is 12.5. The highest BCUT2D eigenvalue weighted by Crippen LogP contribution is 2.40. The van der Waals surface area contributed by atoms with E-state index in [1.54, 1.807) is 6.07 Å². The number of amides is 1. The number of nitrogens with zero attached hydrogens (tertiary/aromatic N) is 1. The van der Waals surface area contributed by atoms with Crippen molar-refractivity contribution in [2.24, 2.45) is 0 Å². The van der Waals surface area contributed by atoms with Crippen molar-refractivity contribution in [2.45, 2.75) is 6.54 Å². The van der Waals surface area contributed by atoms with Crippen molar-refractivity contribution in [2.75, 3.05) is 4.90 Å². The smallest absolute Gasteiger partial charge is 0.299 e. The second kappa shape index (κ2) is 4.93. The molecule has 3 nitrogen and oxygen atoms in total. The molecule has 1 aliphatic heterocycles. The van der Waals surface area contributed by atoms with E-state index >= 15 is 0 Å². The van der Waals surface area contributed by atoms with Gasteiger partial charge in [-0.05, 0) is 17.7 Å². The molecule has 0 saturated heterocycles. The first kappa shape index (κ1) is 13.2. The minimum atomic E-state index is -0.608. The lowest BCUT2D eigenvalue weighted by Crippen LogP contribution is -2.29. The average Bonchev–Trinajstić information content (AvgIpc) is 2.70. The molecular weight excluding hydrogens is 297 g/mol. The van der Waals surface area contributed by atoms with Crippen LogP contribution in [0.15, 0.2) is 42.5 Å². The third kappa shape index (κ3) is 1.99. The number of carbonyl (C=O) groups excluding carboxylic acids is 2. The molecule has 0 radical (unpaired) electrons. The minimum absolute atomic E-state index is 0.195. The van der Waals surface area contributed by atoms with Crippen molar-refractivity contribution < 1.29 is 9.59 Å². The van der Waals surface area contributed by atoms with E-state index in [4.69, 9.17) is 23.2 Å². The summed E-state index contributed by atoms with van der Waals surface area (Å²) in [5.41, 5.74) is 1.51. The molecule has 2 aromatic rings. The van der Waals surface area contributed by atoms with Gasteiger partial charge >= 0.3 is 0 Å². The summed E-state index contributed by atoms with van der Waals surface area (Å²) >= 11 is 12.1. The topological polar surface area (TPSA) is 37.4 Å². The zero-order valence-corrected chi connectivity index (χ0v) is 11.8. The van der Waals surface area contributed by atoms with Gasteiger partial charge in [-0.15, -0.1) is 0 Å². The Morgan fingerprint density at radius 1 is 0.900 bits per heavy atom. The first-order valence-electron chi connectivity index (χ1n) is 5.97. The molecule has 0 atom stereocenters. The molecule has 0 N–H and O–H groups in total. The number of ketones is 1. The van der Waals surface area contributed by atoms with Crippen LogP contribution in [-0.2, 0) is 11.3 Å². The van der Waals surface area contributed by atoms with Gasteiger partial charge in [0.1, 0.15) is 0 Å². The Morgan fingerprint density at radius 3 is 2.25 bits per heavy atom. The van der Waals surface area contributed by atoms with Gasteiger partial charge in [0.15, 0.2) is 0 Å². The highest BCUT2D eigenvalue weighted by Gasteiger charge is 2.39. The van der Waals surface area contributed by atoms with Gasteiger partial charge in [0.05, 0.1) is 27.8 Å². The Balaban J connectivity index is 2.09. The number of hydrogen-bond acceptors (Lipinski definition) is 2. The van der Waals surface area contributed by atoms with Crippen LogP contribution < -0.4 is 4.90 Å². The second-order valence-electron chi connectivity index (χ2n) is 4.46. The molecule has 1 aliphatic rings. The molecule has 20 heavy (non-hydrogen) atoms. The standard InChI is InChI=1S/C15H9Cl2NO2/c16-10-6-7-11(17)13-12(10)14(19)15(20)18(13)8-9-4-2-1-3-5-9/h1-7H,8H2. The van der Waals surface area contributed by atoms with E-state index in [1.165, 1.54) is 11.0 Å². The maximum atomic E-state index is 12.1. The monoisotopic (exact) mass is 305 g/mol. The number of halogens is 2. The maximum Gasteiger partial charge on any atom is 0.299 e. The average molecular weight is 306 g/mol. The van der Waals surface area contributed by atoms with Gasteiger partial charge in [-0.2, -0.15) is 0 Å². The molecule has 1 heterocycles. The van der Waals surface area contributed by atoms with E-state index in [9.17, 15) is 9.59 Å². The number of fused-ring (bicyclic) bond motifs is 1. The van der Waals surface area contributed by atoms with Crippen LogP contribution in [0.1, 0.15) is 15.9 Å². The normalized spacial score (nSPS) is 13.8. The van der Waals surface area contributed by atoms with Crippen LogP contribution in [0.3, 0.4) is 0 Å². The summed E-state index contributed by atoms with van der Waals surface area (Å²) in [7, 11) is 0. The number of anilines is 1. The summed E-state index contributed by atoms with van der Waals surface area (Å²) in [4.78, 5) is 25.5. The van der Waals surface area contributed by atoms with Gasteiger partial charge in [-0.1, -0.05) is 53.5 Å². The number of rotatable bonds is 2. The number of Topliss-reactive ketones (excluding diaryl/α,β-unsaturated/α-hetero) is 1. The van der Waals surface area contributed by atoms with Gasteiger partial charge in [-0.25, -0.2) is 0 Å². The van der Waals surface area contributed by atoms with E-state index in [0.29, 0.717) is 17.3 Å². The van der Waals surface area contributed by atoms with Crippen LogP contribution in [0.4, 0.5) is 5.69 Å². The van der Waals surface area contributed by atoms with Crippen LogP contribution in [0.25, 0.3) is 0 Å². The summed E-state index contributed by atoms with van der Waals surface area (Å²) in [6.45, 7) is 0.290. The third-order valence-electron chi connectivity index (χ3n) is 3.20. The summed E-state index contributed by atoms with van der Waals surface area (Å²) in [6.07, 6.45) is 0. The molecule has 100 valence electrons. The Labute approximate surface area is 125 Å². The molecule has 1 amide bonds. The fraction of sp³-hybridized carbons (Fsp3) is 0.0667. The van der Waals surface area contributed by atoms with E-state index in [0.717, 1.165) is 5.56 Å². The number of carbonyl (C=O) groups is 2. The van der Waals surface area contributed by atoms with E-state index < -0.39 is 11.7 Å². The fourth-order valence-corrected chi connectivity index (χ4v) is 2.77. The highest BCUT2D eigenvalue weighted by atomic mass is 35.5. The van der Waals surface area contributed by atoms with Crippen molar-refractivity contribution in [3.63, 3.8) is 0 Å². The highest BCUT2D eigenvalue weighted by molar-refractivity contribution is 6.56. The van der Waals surface area contributed by atoms with Gasteiger partial charge in [-0.3, -0.25) is 14.5 Å². The predicted octanol–water partition coefficient (Wildman–Crippen LogP) is 3.72. The summed E-state index contributed by atoms with van der Waals surface area (Å²) < 4.78 is 0. The molecule has 3 rings (SSSR count). The van der Waals surface area contributed by atoms with Crippen molar-refractivity contribution >= 4 is 40.6 Å². The van der Waals surface area contributed by atoms with Crippen molar-refractivity contribution in [3.05, 3.63) is 63.6 Å². The molecular formula is C15H9Cl2NO2. The Hall–Kier alpha value is -1.84. The summed E-state index contributed by atoms with van der Waals surface area (Å²) in [5.74, 6) is -1.21. The second-order valence-corrected chi connectivity index (χ2v) is 5.27. The van der Waals surface area contributed by atoms with Crippen LogP contribution >= 0.6 is 23.2 Å². The van der Waals surface area contributed by atoms with E-state index in [2.05, 4.69) is 0 Å². The first-order valence-corrected chi connectivity index (χ1v) is 6.73. The zero-order chi connectivity index (χ0) is 14.3. The molecule has 0 spiro atoms. The molecule has 0 unspecified atom stereocenters. The van der Waals surface area contributed by atoms with Crippen molar-refractivity contribution in [3.8, 4) is 0 Å². The Bertz CT molecular complexity index is 713. The van der Waals surface area contributed by atoms with Crippen LogP contribution in [0, 0.1) is 0 Å². The lowest BCUT2D eigenvalue weighted by Gasteiger charge is -2.17. The fourth-order valence-electron chi connectivity index (χ4n) is 2.27. The predicted molar refractivity (Wildman–Crippen MR) is 78.4 cm³/mol. The lowest BCUT2D eigenvalue weighted by atomic mass is 10.1. The van der Waals surface area contributed by atoms with Crippen LogP contribution in [-0.4, -0.2) is 11.7 Å². The van der Waals surface area contributed by atoms with Crippen molar-refractivity contribution in [1.29, 1.82) is 0 Å². The molecule has 0 fully saturated rings. The maximum absolute atomic E-state index is 12.1. The largest absolute Gasteiger partial charge is 0.299 e. The number of benzene rings is 2. The molecule has 5 heteroatoms. The van der Waals surface area contributed by atoms with Crippen LogP contribution in [0.5, 0.6) is 0 Å². The van der Waals surface area contributed by atoms with E-state index in [-0.39, 0.29) is 10.6 Å². The van der Waals surface area contributed by atoms with Crippen LogP contribution in [0.2, 0.25) is 10.0 Å². The first-order chi connectivity index (χ1) is 9.59. The van der Waals surface area contributed by atoms with Gasteiger partial charge < -0.3 is 0 Å². The van der Waals surface area contributed by atoms with Crippen molar-refractivity contribution in [1.82, 2.24) is 0 Å². The molecule has 2 aromatic carbocycles.